The Morgan fingerprint density at radius 1 is 1.19 bits per heavy atom. The number of aliphatic hydroxyl groups is 2. The highest BCUT2D eigenvalue weighted by atomic mass is 19.1. The van der Waals surface area contributed by atoms with E-state index >= 15 is 0 Å². The van der Waals surface area contributed by atoms with Crippen molar-refractivity contribution in [1.82, 2.24) is 4.57 Å². The van der Waals surface area contributed by atoms with Crippen molar-refractivity contribution in [2.24, 2.45) is 5.92 Å². The summed E-state index contributed by atoms with van der Waals surface area (Å²) in [6.45, 7) is 6.80. The number of ether oxygens (including phenoxy) is 1. The van der Waals surface area contributed by atoms with Crippen LogP contribution in [0.1, 0.15) is 105 Å². The van der Waals surface area contributed by atoms with Gasteiger partial charge in [0, 0.05) is 47.8 Å². The number of hydrogen-bond donors (Lipinski definition) is 3. The molecule has 7 nitrogen and oxygen atoms in total. The Morgan fingerprint density at radius 2 is 1.93 bits per heavy atom. The topological polar surface area (TPSA) is 110 Å². The van der Waals surface area contributed by atoms with Crippen molar-refractivity contribution in [3.63, 3.8) is 0 Å². The molecular weight excluding hydrogens is 547 g/mol. The van der Waals surface area contributed by atoms with Crippen LogP contribution in [0.15, 0.2) is 60.5 Å². The number of carbonyl (C=O) groups excluding carboxylic acids is 1. The van der Waals surface area contributed by atoms with E-state index in [4.69, 9.17) is 4.74 Å². The van der Waals surface area contributed by atoms with Crippen molar-refractivity contribution < 1.29 is 29.2 Å². The number of allylic oxidation sites excluding steroid dienone is 6. The molecule has 1 aromatic heterocycles. The second-order valence-corrected chi connectivity index (χ2v) is 12.7. The van der Waals surface area contributed by atoms with Crippen molar-refractivity contribution in [3.05, 3.63) is 83.0 Å². The van der Waals surface area contributed by atoms with Crippen LogP contribution >= 0.6 is 0 Å². The average molecular weight is 592 g/mol. The zero-order valence-electron chi connectivity index (χ0n) is 25.3. The standard InChI is InChI=1S/C35H44FN2O5/c1-21(2)32-31(34(41)37-26-10-5-4-6-11-26)30(24-9-7-8-22(3)18-24)33(23-12-14-25(36)15-13-23)38(32)17-16-27(39)19-28(40)20-29-35(42)43-29/h4-6,9-12,14-15,21-23,27-29,35,39-40H,7-8,13,16-20H2,1-3H3,(H,37,41)/q-1. The van der Waals surface area contributed by atoms with Gasteiger partial charge in [0.05, 0.1) is 23.9 Å². The van der Waals surface area contributed by atoms with Crippen LogP contribution in [0, 0.1) is 5.92 Å². The summed E-state index contributed by atoms with van der Waals surface area (Å²) in [5.74, 6) is -0.146. The molecule has 1 fully saturated rings. The SMILES string of the molecule is CC1CCC=C(c2c(C(=O)Nc3ccccc3)c(C(C)C)n(CCC(O)CC(O)CC3OC3[O-])c2C2C=CC(F)=CC2)C1. The van der Waals surface area contributed by atoms with Gasteiger partial charge < -0.3 is 29.9 Å². The van der Waals surface area contributed by atoms with Crippen molar-refractivity contribution in [3.8, 4) is 0 Å². The van der Waals surface area contributed by atoms with Crippen LogP contribution in [0.2, 0.25) is 0 Å². The van der Waals surface area contributed by atoms with E-state index in [0.29, 0.717) is 36.6 Å². The highest BCUT2D eigenvalue weighted by molar-refractivity contribution is 6.09. The first-order valence-electron chi connectivity index (χ1n) is 15.7. The van der Waals surface area contributed by atoms with Gasteiger partial charge in [0.15, 0.2) is 0 Å². The van der Waals surface area contributed by atoms with Gasteiger partial charge in [-0.2, -0.15) is 0 Å². The molecule has 43 heavy (non-hydrogen) atoms. The maximum Gasteiger partial charge on any atom is 0.258 e. The summed E-state index contributed by atoms with van der Waals surface area (Å²) in [4.78, 5) is 14.2. The zero-order chi connectivity index (χ0) is 30.7. The predicted octanol–water partition coefficient (Wildman–Crippen LogP) is 5.94. The van der Waals surface area contributed by atoms with Crippen molar-refractivity contribution in [2.75, 3.05) is 5.32 Å². The third-order valence-electron chi connectivity index (χ3n) is 8.77. The fourth-order valence-corrected chi connectivity index (χ4v) is 6.62. The molecule has 232 valence electrons. The number of rotatable bonds is 12. The highest BCUT2D eigenvalue weighted by Gasteiger charge is 2.35. The van der Waals surface area contributed by atoms with E-state index in [1.165, 1.54) is 6.08 Å². The van der Waals surface area contributed by atoms with Crippen molar-refractivity contribution in [1.29, 1.82) is 0 Å². The zero-order valence-corrected chi connectivity index (χ0v) is 25.3. The number of carbonyl (C=O) groups is 1. The predicted molar refractivity (Wildman–Crippen MR) is 164 cm³/mol. The van der Waals surface area contributed by atoms with Gasteiger partial charge >= 0.3 is 0 Å². The van der Waals surface area contributed by atoms with E-state index in [2.05, 4.69) is 36.7 Å². The summed E-state index contributed by atoms with van der Waals surface area (Å²) in [6.07, 6.45) is 8.04. The Labute approximate surface area is 253 Å². The van der Waals surface area contributed by atoms with Crippen molar-refractivity contribution >= 4 is 17.2 Å². The third kappa shape index (κ3) is 7.55. The van der Waals surface area contributed by atoms with Gasteiger partial charge in [0.25, 0.3) is 5.91 Å². The van der Waals surface area contributed by atoms with E-state index in [1.807, 2.05) is 36.4 Å². The first-order chi connectivity index (χ1) is 20.6. The Kier molecular flexibility index (Phi) is 10.0. The lowest BCUT2D eigenvalue weighted by Crippen LogP contribution is -2.23. The smallest absolute Gasteiger partial charge is 0.258 e. The summed E-state index contributed by atoms with van der Waals surface area (Å²) in [5.41, 5.74) is 5.27. The molecule has 0 saturated carbocycles. The molecule has 2 aromatic rings. The number of nitrogens with zero attached hydrogens (tertiary/aromatic N) is 1. The van der Waals surface area contributed by atoms with Crippen LogP contribution in [0.25, 0.3) is 5.57 Å². The largest absolute Gasteiger partial charge is 0.829 e. The van der Waals surface area contributed by atoms with Gasteiger partial charge in [0.1, 0.15) is 5.83 Å². The Balaban J connectivity index is 1.57. The third-order valence-corrected chi connectivity index (χ3v) is 8.77. The normalized spacial score (nSPS) is 24.8. The molecule has 1 saturated heterocycles. The summed E-state index contributed by atoms with van der Waals surface area (Å²) in [5, 5.41) is 35.8. The number of benzene rings is 1. The molecule has 3 aliphatic rings. The summed E-state index contributed by atoms with van der Waals surface area (Å²) in [7, 11) is 0. The number of epoxide rings is 1. The number of hydrogen-bond acceptors (Lipinski definition) is 5. The number of aliphatic hydroxyl groups excluding tert-OH is 2. The minimum atomic E-state index is -1.08. The van der Waals surface area contributed by atoms with E-state index < -0.39 is 24.6 Å². The minimum Gasteiger partial charge on any atom is -0.829 e. The first kappa shape index (κ1) is 31.4. The lowest BCUT2D eigenvalue weighted by molar-refractivity contribution is -0.412. The molecule has 1 aliphatic heterocycles. The number of amides is 1. The molecule has 2 heterocycles. The fourth-order valence-electron chi connectivity index (χ4n) is 6.62. The average Bonchev–Trinajstić information content (AvgIpc) is 3.54. The molecule has 8 heteroatoms. The number of nitrogens with one attached hydrogen (secondary N) is 1. The van der Waals surface area contributed by atoms with Crippen LogP contribution < -0.4 is 10.4 Å². The maximum absolute atomic E-state index is 14.2. The molecule has 6 atom stereocenters. The van der Waals surface area contributed by atoms with Gasteiger partial charge in [-0.3, -0.25) is 4.79 Å². The van der Waals surface area contributed by atoms with Crippen molar-refractivity contribution in [2.45, 2.75) is 109 Å². The van der Waals surface area contributed by atoms with Gasteiger partial charge in [-0.25, -0.2) is 4.39 Å². The van der Waals surface area contributed by atoms with Crippen LogP contribution in [0.4, 0.5) is 10.1 Å². The quantitative estimate of drug-likeness (QED) is 0.265. The first-order valence-corrected chi connectivity index (χ1v) is 15.7. The number of halogens is 1. The van der Waals surface area contributed by atoms with E-state index in [1.54, 1.807) is 6.08 Å². The fraction of sp³-hybridized carbons (Fsp3) is 0.514. The maximum atomic E-state index is 14.2. The second-order valence-electron chi connectivity index (χ2n) is 12.7. The highest BCUT2D eigenvalue weighted by Crippen LogP contribution is 2.44. The van der Waals surface area contributed by atoms with E-state index in [-0.39, 0.29) is 36.4 Å². The van der Waals surface area contributed by atoms with Crippen LogP contribution in [-0.2, 0) is 11.3 Å². The molecule has 6 unspecified atom stereocenters. The number of para-hydroxylation sites is 1. The molecule has 1 aromatic carbocycles. The Morgan fingerprint density at radius 3 is 2.56 bits per heavy atom. The lowest BCUT2D eigenvalue weighted by atomic mass is 9.82. The number of aromatic nitrogens is 1. The summed E-state index contributed by atoms with van der Waals surface area (Å²) in [6, 6.07) is 9.42. The Hall–Kier alpha value is -3.04. The van der Waals surface area contributed by atoms with Crippen LogP contribution in [0.5, 0.6) is 0 Å². The number of anilines is 1. The molecule has 0 spiro atoms. The molecular formula is C35H44FN2O5-. The van der Waals surface area contributed by atoms with Crippen LogP contribution in [-0.4, -0.2) is 45.3 Å². The monoisotopic (exact) mass is 591 g/mol. The van der Waals surface area contributed by atoms with Gasteiger partial charge in [-0.05, 0) is 80.2 Å². The van der Waals surface area contributed by atoms with E-state index in [9.17, 15) is 24.5 Å². The molecule has 2 aliphatic carbocycles. The Bertz CT molecular complexity index is 1380. The minimum absolute atomic E-state index is 0.0192. The molecule has 1 amide bonds. The van der Waals surface area contributed by atoms with Gasteiger partial charge in [0.2, 0.25) is 0 Å². The van der Waals surface area contributed by atoms with E-state index in [0.717, 1.165) is 41.8 Å². The van der Waals surface area contributed by atoms with Gasteiger partial charge in [-0.15, -0.1) is 0 Å². The molecule has 5 rings (SSSR count). The molecule has 0 bridgehead atoms. The lowest BCUT2D eigenvalue weighted by Gasteiger charge is -2.25. The summed E-state index contributed by atoms with van der Waals surface area (Å²) < 4.78 is 21.2. The van der Waals surface area contributed by atoms with Gasteiger partial charge in [-0.1, -0.05) is 51.1 Å². The summed E-state index contributed by atoms with van der Waals surface area (Å²) >= 11 is 0. The second kappa shape index (κ2) is 13.7. The molecule has 3 N–H and O–H groups in total. The molecule has 0 radical (unpaired) electrons. The van der Waals surface area contributed by atoms with Crippen LogP contribution in [0.3, 0.4) is 0 Å².